The van der Waals surface area contributed by atoms with Gasteiger partial charge in [0.1, 0.15) is 0 Å². The lowest BCUT2D eigenvalue weighted by molar-refractivity contribution is -0.136. The normalized spacial score (nSPS) is 16.5. The first-order valence-corrected chi connectivity index (χ1v) is 11.9. The molecule has 0 bridgehead atoms. The maximum Gasteiger partial charge on any atom is 0.313 e. The number of amides is 2. The molecule has 0 saturated carbocycles. The minimum Gasteiger partial charge on any atom is -0.493 e. The molecule has 0 spiro atoms. The van der Waals surface area contributed by atoms with Crippen LogP contribution in [-0.2, 0) is 16.0 Å². The standard InChI is InChI=1S/C26H34N4O4/c1-29-12-6-7-18-15-19(8-10-21(18)29)22(30-13-4-5-14-30)17-27-25(31)26(32)28-20-9-11-23(33-2)24(16-20)34-3/h8-11,15-16,22H,4-7,12-14,17H2,1-3H3,(H,27,31)(H,28,32)/t22-/m0/s1. The number of ether oxygens (including phenoxy) is 2. The zero-order chi connectivity index (χ0) is 24.1. The number of likely N-dealkylation sites (tertiary alicyclic amines) is 1. The van der Waals surface area contributed by atoms with Crippen molar-refractivity contribution in [3.05, 3.63) is 47.5 Å². The maximum absolute atomic E-state index is 12.6. The van der Waals surface area contributed by atoms with Crippen LogP contribution < -0.4 is 25.0 Å². The van der Waals surface area contributed by atoms with E-state index in [9.17, 15) is 9.59 Å². The van der Waals surface area contributed by atoms with E-state index in [0.29, 0.717) is 23.7 Å². The lowest BCUT2D eigenvalue weighted by atomic mass is 9.96. The molecule has 1 saturated heterocycles. The third-order valence-electron chi connectivity index (χ3n) is 6.72. The number of hydrogen-bond acceptors (Lipinski definition) is 6. The molecule has 2 amide bonds. The second kappa shape index (κ2) is 10.8. The number of anilines is 2. The van der Waals surface area contributed by atoms with E-state index >= 15 is 0 Å². The van der Waals surface area contributed by atoms with Crippen molar-refractivity contribution in [2.45, 2.75) is 31.7 Å². The van der Waals surface area contributed by atoms with Gasteiger partial charge in [-0.15, -0.1) is 0 Å². The quantitative estimate of drug-likeness (QED) is 0.611. The van der Waals surface area contributed by atoms with Gasteiger partial charge in [-0.1, -0.05) is 12.1 Å². The summed E-state index contributed by atoms with van der Waals surface area (Å²) in [5, 5.41) is 5.50. The molecule has 1 atom stereocenters. The summed E-state index contributed by atoms with van der Waals surface area (Å²) in [7, 11) is 5.20. The van der Waals surface area contributed by atoms with Gasteiger partial charge in [-0.2, -0.15) is 0 Å². The predicted octanol–water partition coefficient (Wildman–Crippen LogP) is 2.98. The average Bonchev–Trinajstić information content (AvgIpc) is 3.38. The van der Waals surface area contributed by atoms with E-state index in [1.54, 1.807) is 25.3 Å². The van der Waals surface area contributed by atoms with E-state index < -0.39 is 11.8 Å². The van der Waals surface area contributed by atoms with Crippen molar-refractivity contribution >= 4 is 23.2 Å². The Morgan fingerprint density at radius 2 is 1.71 bits per heavy atom. The SMILES string of the molecule is COc1ccc(NC(=O)C(=O)NC[C@@H](c2ccc3c(c2)CCCN3C)N2CCCC2)cc1OC. The molecular weight excluding hydrogens is 432 g/mol. The third kappa shape index (κ3) is 5.28. The highest BCUT2D eigenvalue weighted by atomic mass is 16.5. The number of carbonyl (C=O) groups excluding carboxylic acids is 2. The van der Waals surface area contributed by atoms with Gasteiger partial charge < -0.3 is 25.0 Å². The van der Waals surface area contributed by atoms with Crippen LogP contribution in [0.1, 0.15) is 36.4 Å². The van der Waals surface area contributed by atoms with Crippen molar-refractivity contribution in [3.63, 3.8) is 0 Å². The van der Waals surface area contributed by atoms with Crippen LogP contribution in [0.2, 0.25) is 0 Å². The van der Waals surface area contributed by atoms with Gasteiger partial charge in [-0.25, -0.2) is 0 Å². The van der Waals surface area contributed by atoms with Crippen molar-refractivity contribution in [1.29, 1.82) is 0 Å². The molecule has 2 heterocycles. The second-order valence-corrected chi connectivity index (χ2v) is 8.91. The lowest BCUT2D eigenvalue weighted by Crippen LogP contribution is -2.41. The first-order chi connectivity index (χ1) is 16.5. The van der Waals surface area contributed by atoms with E-state index in [2.05, 4.69) is 45.7 Å². The summed E-state index contributed by atoms with van der Waals surface area (Å²) in [5.74, 6) is -0.335. The molecule has 2 aromatic carbocycles. The topological polar surface area (TPSA) is 83.1 Å². The number of hydrogen-bond donors (Lipinski definition) is 2. The Kier molecular flexibility index (Phi) is 7.57. The van der Waals surface area contributed by atoms with Crippen LogP contribution in [-0.4, -0.2) is 64.2 Å². The number of carbonyl (C=O) groups is 2. The molecule has 2 aromatic rings. The second-order valence-electron chi connectivity index (χ2n) is 8.91. The average molecular weight is 467 g/mol. The van der Waals surface area contributed by atoms with Crippen LogP contribution in [0.15, 0.2) is 36.4 Å². The number of nitrogens with one attached hydrogen (secondary N) is 2. The predicted molar refractivity (Wildman–Crippen MR) is 133 cm³/mol. The fourth-order valence-electron chi connectivity index (χ4n) is 4.89. The van der Waals surface area contributed by atoms with Gasteiger partial charge >= 0.3 is 11.8 Å². The van der Waals surface area contributed by atoms with E-state index in [1.165, 1.54) is 23.9 Å². The maximum atomic E-state index is 12.6. The summed E-state index contributed by atoms with van der Waals surface area (Å²) in [6.45, 7) is 3.45. The molecule has 0 aliphatic carbocycles. The van der Waals surface area contributed by atoms with E-state index in [0.717, 1.165) is 45.3 Å². The molecule has 0 radical (unpaired) electrons. The summed E-state index contributed by atoms with van der Waals surface area (Å²) >= 11 is 0. The zero-order valence-electron chi connectivity index (χ0n) is 20.2. The van der Waals surface area contributed by atoms with Crippen LogP contribution in [0.5, 0.6) is 11.5 Å². The largest absolute Gasteiger partial charge is 0.493 e. The Bertz CT molecular complexity index is 1040. The van der Waals surface area contributed by atoms with E-state index in [4.69, 9.17) is 9.47 Å². The summed E-state index contributed by atoms with van der Waals surface area (Å²) in [6, 6.07) is 11.7. The van der Waals surface area contributed by atoms with E-state index in [1.807, 2.05) is 0 Å². The third-order valence-corrected chi connectivity index (χ3v) is 6.72. The Labute approximate surface area is 201 Å². The minimum atomic E-state index is -0.709. The van der Waals surface area contributed by atoms with Crippen LogP contribution >= 0.6 is 0 Å². The summed E-state index contributed by atoms with van der Waals surface area (Å²) < 4.78 is 10.5. The van der Waals surface area contributed by atoms with Crippen molar-refractivity contribution in [3.8, 4) is 11.5 Å². The van der Waals surface area contributed by atoms with Gasteiger partial charge in [-0.3, -0.25) is 14.5 Å². The lowest BCUT2D eigenvalue weighted by Gasteiger charge is -2.31. The van der Waals surface area contributed by atoms with Gasteiger partial charge in [-0.05, 0) is 68.1 Å². The highest BCUT2D eigenvalue weighted by Gasteiger charge is 2.26. The molecule has 2 aliphatic heterocycles. The number of benzene rings is 2. The molecule has 2 aliphatic rings. The molecule has 8 nitrogen and oxygen atoms in total. The monoisotopic (exact) mass is 466 g/mol. The number of nitrogens with zero attached hydrogens (tertiary/aromatic N) is 2. The molecule has 2 N–H and O–H groups in total. The zero-order valence-corrected chi connectivity index (χ0v) is 20.2. The molecule has 0 unspecified atom stereocenters. The van der Waals surface area contributed by atoms with Gasteiger partial charge in [0, 0.05) is 37.6 Å². The molecule has 1 fully saturated rings. The fourth-order valence-corrected chi connectivity index (χ4v) is 4.89. The molecule has 4 rings (SSSR count). The first-order valence-electron chi connectivity index (χ1n) is 11.9. The van der Waals surface area contributed by atoms with Crippen LogP contribution in [0.25, 0.3) is 0 Å². The molecule has 182 valence electrons. The van der Waals surface area contributed by atoms with Gasteiger partial charge in [0.05, 0.1) is 20.3 Å². The van der Waals surface area contributed by atoms with Gasteiger partial charge in [0.15, 0.2) is 11.5 Å². The Morgan fingerprint density at radius 3 is 2.44 bits per heavy atom. The number of rotatable bonds is 7. The minimum absolute atomic E-state index is 0.0397. The highest BCUT2D eigenvalue weighted by Crippen LogP contribution is 2.32. The van der Waals surface area contributed by atoms with Crippen LogP contribution in [0, 0.1) is 0 Å². The van der Waals surface area contributed by atoms with Crippen molar-refractivity contribution in [1.82, 2.24) is 10.2 Å². The molecular formula is C26H34N4O4. The first kappa shape index (κ1) is 23.9. The Hall–Kier alpha value is -3.26. The Balaban J connectivity index is 1.43. The molecule has 0 aromatic heterocycles. The van der Waals surface area contributed by atoms with Crippen molar-refractivity contribution in [2.75, 3.05) is 57.7 Å². The van der Waals surface area contributed by atoms with Crippen LogP contribution in [0.4, 0.5) is 11.4 Å². The van der Waals surface area contributed by atoms with Gasteiger partial charge in [0.25, 0.3) is 0 Å². The summed E-state index contributed by atoms with van der Waals surface area (Å²) in [5.41, 5.74) is 4.30. The fraction of sp³-hybridized carbons (Fsp3) is 0.462. The van der Waals surface area contributed by atoms with Crippen molar-refractivity contribution in [2.24, 2.45) is 0 Å². The van der Waals surface area contributed by atoms with Gasteiger partial charge in [0.2, 0.25) is 0 Å². The van der Waals surface area contributed by atoms with Crippen LogP contribution in [0.3, 0.4) is 0 Å². The number of aryl methyl sites for hydroxylation is 1. The number of fused-ring (bicyclic) bond motifs is 1. The summed E-state index contributed by atoms with van der Waals surface area (Å²) in [6.07, 6.45) is 4.52. The number of methoxy groups -OCH3 is 2. The molecule has 8 heteroatoms. The highest BCUT2D eigenvalue weighted by molar-refractivity contribution is 6.39. The van der Waals surface area contributed by atoms with E-state index in [-0.39, 0.29) is 6.04 Å². The van der Waals surface area contributed by atoms with Crippen molar-refractivity contribution < 1.29 is 19.1 Å². The summed E-state index contributed by atoms with van der Waals surface area (Å²) in [4.78, 5) is 29.9. The Morgan fingerprint density at radius 1 is 0.941 bits per heavy atom. The smallest absolute Gasteiger partial charge is 0.313 e. The molecule has 34 heavy (non-hydrogen) atoms.